The molecule has 4 aromatic rings. The number of aliphatic hydroxyl groups is 1. The van der Waals surface area contributed by atoms with Gasteiger partial charge in [0.1, 0.15) is 12.7 Å². The first-order valence-corrected chi connectivity index (χ1v) is 11.4. The average Bonchev–Trinajstić information content (AvgIpc) is 3.60. The van der Waals surface area contributed by atoms with E-state index in [1.807, 2.05) is 18.2 Å². The van der Waals surface area contributed by atoms with Gasteiger partial charge in [0.15, 0.2) is 0 Å². The van der Waals surface area contributed by atoms with Crippen molar-refractivity contribution in [2.45, 2.75) is 18.9 Å². The van der Waals surface area contributed by atoms with E-state index in [0.717, 1.165) is 49.4 Å². The first kappa shape index (κ1) is 20.9. The lowest BCUT2D eigenvalue weighted by atomic mass is 10.1. The van der Waals surface area contributed by atoms with E-state index in [0.29, 0.717) is 5.92 Å². The van der Waals surface area contributed by atoms with Gasteiger partial charge in [-0.1, -0.05) is 30.3 Å². The SMILES string of the molecule is OC[C@H](NC[C@@H]1CCN(CCc2c[nH]c3ccc(-n4cncn4)cc23)C1)c1ccccc1. The summed E-state index contributed by atoms with van der Waals surface area (Å²) in [6, 6.07) is 16.6. The normalized spacial score (nSPS) is 17.8. The van der Waals surface area contributed by atoms with Crippen molar-refractivity contribution in [2.24, 2.45) is 5.92 Å². The zero-order valence-electron chi connectivity index (χ0n) is 18.2. The molecule has 5 rings (SSSR count). The van der Waals surface area contributed by atoms with Gasteiger partial charge in [0, 0.05) is 30.2 Å². The maximum absolute atomic E-state index is 9.78. The zero-order chi connectivity index (χ0) is 21.8. The Bertz CT molecular complexity index is 1120. The number of fused-ring (bicyclic) bond motifs is 1. The summed E-state index contributed by atoms with van der Waals surface area (Å²) in [6.45, 7) is 4.35. The topological polar surface area (TPSA) is 82.0 Å². The number of hydrogen-bond donors (Lipinski definition) is 3. The molecule has 166 valence electrons. The highest BCUT2D eigenvalue weighted by Gasteiger charge is 2.23. The second-order valence-electron chi connectivity index (χ2n) is 8.64. The number of H-pyrrole nitrogens is 1. The summed E-state index contributed by atoms with van der Waals surface area (Å²) in [5, 5.41) is 18.8. The van der Waals surface area contributed by atoms with Gasteiger partial charge in [-0.15, -0.1) is 0 Å². The van der Waals surface area contributed by atoms with Crippen LogP contribution in [-0.4, -0.2) is 62.5 Å². The van der Waals surface area contributed by atoms with Crippen molar-refractivity contribution in [1.29, 1.82) is 0 Å². The molecule has 2 aromatic carbocycles. The van der Waals surface area contributed by atoms with Crippen molar-refractivity contribution in [3.63, 3.8) is 0 Å². The number of rotatable bonds is 9. The van der Waals surface area contributed by atoms with Crippen molar-refractivity contribution >= 4 is 10.9 Å². The van der Waals surface area contributed by atoms with Crippen LogP contribution >= 0.6 is 0 Å². The zero-order valence-corrected chi connectivity index (χ0v) is 18.2. The summed E-state index contributed by atoms with van der Waals surface area (Å²) in [5.74, 6) is 0.620. The Balaban J connectivity index is 1.15. The van der Waals surface area contributed by atoms with Crippen LogP contribution in [0, 0.1) is 5.92 Å². The Kier molecular flexibility index (Phi) is 6.29. The number of nitrogens with zero attached hydrogens (tertiary/aromatic N) is 4. The van der Waals surface area contributed by atoms with Gasteiger partial charge in [0.05, 0.1) is 18.3 Å². The Morgan fingerprint density at radius 2 is 2.09 bits per heavy atom. The summed E-state index contributed by atoms with van der Waals surface area (Å²) in [5.41, 5.74) is 4.67. The molecule has 0 saturated carbocycles. The number of aromatic nitrogens is 4. The molecular formula is C25H30N6O. The highest BCUT2D eigenvalue weighted by atomic mass is 16.3. The predicted molar refractivity (Wildman–Crippen MR) is 126 cm³/mol. The third-order valence-electron chi connectivity index (χ3n) is 6.54. The molecule has 3 N–H and O–H groups in total. The predicted octanol–water partition coefficient (Wildman–Crippen LogP) is 2.94. The number of aliphatic hydroxyl groups excluding tert-OH is 1. The highest BCUT2D eigenvalue weighted by molar-refractivity contribution is 5.85. The molecule has 1 aliphatic rings. The molecule has 0 radical (unpaired) electrons. The second-order valence-corrected chi connectivity index (χ2v) is 8.64. The third-order valence-corrected chi connectivity index (χ3v) is 6.54. The first-order chi connectivity index (χ1) is 15.8. The van der Waals surface area contributed by atoms with Crippen molar-refractivity contribution in [1.82, 2.24) is 30.0 Å². The van der Waals surface area contributed by atoms with E-state index >= 15 is 0 Å². The molecule has 1 aliphatic heterocycles. The molecule has 7 heteroatoms. The molecule has 2 aromatic heterocycles. The fourth-order valence-corrected chi connectivity index (χ4v) is 4.70. The molecule has 1 saturated heterocycles. The van der Waals surface area contributed by atoms with E-state index in [1.54, 1.807) is 17.3 Å². The van der Waals surface area contributed by atoms with Gasteiger partial charge in [-0.25, -0.2) is 9.67 Å². The van der Waals surface area contributed by atoms with Crippen molar-refractivity contribution in [3.8, 4) is 5.69 Å². The quantitative estimate of drug-likeness (QED) is 0.380. The van der Waals surface area contributed by atoms with Crippen LogP contribution in [0.5, 0.6) is 0 Å². The van der Waals surface area contributed by atoms with Crippen LogP contribution in [-0.2, 0) is 6.42 Å². The maximum Gasteiger partial charge on any atom is 0.138 e. The summed E-state index contributed by atoms with van der Waals surface area (Å²) in [6.07, 6.45) is 7.64. The Labute approximate surface area is 188 Å². The highest BCUT2D eigenvalue weighted by Crippen LogP contribution is 2.23. The minimum Gasteiger partial charge on any atom is -0.394 e. The molecule has 32 heavy (non-hydrogen) atoms. The fourth-order valence-electron chi connectivity index (χ4n) is 4.70. The minimum absolute atomic E-state index is 0.00986. The maximum atomic E-state index is 9.78. The lowest BCUT2D eigenvalue weighted by molar-refractivity contribution is 0.237. The average molecular weight is 431 g/mol. The number of likely N-dealkylation sites (tertiary alicyclic amines) is 1. The number of aromatic amines is 1. The second kappa shape index (κ2) is 9.65. The van der Waals surface area contributed by atoms with Gasteiger partial charge in [0.25, 0.3) is 0 Å². The Hall–Kier alpha value is -3.00. The van der Waals surface area contributed by atoms with E-state index in [4.69, 9.17) is 0 Å². The van der Waals surface area contributed by atoms with Gasteiger partial charge < -0.3 is 20.3 Å². The summed E-state index contributed by atoms with van der Waals surface area (Å²) in [7, 11) is 0. The van der Waals surface area contributed by atoms with Crippen LogP contribution in [0.3, 0.4) is 0 Å². The van der Waals surface area contributed by atoms with E-state index in [2.05, 4.69) is 61.8 Å². The van der Waals surface area contributed by atoms with Crippen molar-refractivity contribution < 1.29 is 5.11 Å². The van der Waals surface area contributed by atoms with Crippen LogP contribution in [0.15, 0.2) is 67.4 Å². The van der Waals surface area contributed by atoms with Crippen molar-refractivity contribution in [3.05, 3.63) is 78.5 Å². The van der Waals surface area contributed by atoms with Gasteiger partial charge >= 0.3 is 0 Å². The lowest BCUT2D eigenvalue weighted by Crippen LogP contribution is -2.31. The molecule has 0 bridgehead atoms. The molecule has 0 unspecified atom stereocenters. The molecule has 3 heterocycles. The van der Waals surface area contributed by atoms with Crippen molar-refractivity contribution in [2.75, 3.05) is 32.8 Å². The minimum atomic E-state index is 0.00986. The lowest BCUT2D eigenvalue weighted by Gasteiger charge is -2.20. The summed E-state index contributed by atoms with van der Waals surface area (Å²) in [4.78, 5) is 10.0. The van der Waals surface area contributed by atoms with E-state index in [9.17, 15) is 5.11 Å². The molecule has 7 nitrogen and oxygen atoms in total. The number of benzene rings is 2. The first-order valence-electron chi connectivity index (χ1n) is 11.4. The smallest absolute Gasteiger partial charge is 0.138 e. The van der Waals surface area contributed by atoms with Crippen LogP contribution < -0.4 is 5.32 Å². The van der Waals surface area contributed by atoms with E-state index < -0.39 is 0 Å². The Morgan fingerprint density at radius 3 is 2.91 bits per heavy atom. The van der Waals surface area contributed by atoms with Gasteiger partial charge in [-0.3, -0.25) is 0 Å². The van der Waals surface area contributed by atoms with Crippen LogP contribution in [0.25, 0.3) is 16.6 Å². The fraction of sp³-hybridized carbons (Fsp3) is 0.360. The van der Waals surface area contributed by atoms with Gasteiger partial charge in [-0.05, 0) is 61.2 Å². The van der Waals surface area contributed by atoms with Crippen LogP contribution in [0.4, 0.5) is 0 Å². The largest absolute Gasteiger partial charge is 0.394 e. The summed E-state index contributed by atoms with van der Waals surface area (Å²) >= 11 is 0. The number of nitrogens with one attached hydrogen (secondary N) is 2. The van der Waals surface area contributed by atoms with Gasteiger partial charge in [0.2, 0.25) is 0 Å². The summed E-state index contributed by atoms with van der Waals surface area (Å²) < 4.78 is 1.80. The molecule has 0 spiro atoms. The van der Waals surface area contributed by atoms with Crippen LogP contribution in [0.2, 0.25) is 0 Å². The van der Waals surface area contributed by atoms with E-state index in [-0.39, 0.29) is 12.6 Å². The number of hydrogen-bond acceptors (Lipinski definition) is 5. The molecule has 1 fully saturated rings. The van der Waals surface area contributed by atoms with Crippen LogP contribution in [0.1, 0.15) is 23.6 Å². The molecular weight excluding hydrogens is 400 g/mol. The monoisotopic (exact) mass is 430 g/mol. The standard InChI is InChI=1S/C25H30N6O/c32-16-25(20-4-2-1-3-5-20)27-13-19-8-10-30(15-19)11-9-21-14-28-24-7-6-22(12-23(21)24)31-18-26-17-29-31/h1-7,12,14,17-19,25,27-28,32H,8-11,13,15-16H2/t19-,25-/m0/s1. The third kappa shape index (κ3) is 4.60. The Morgan fingerprint density at radius 1 is 1.19 bits per heavy atom. The molecule has 0 amide bonds. The molecule has 2 atom stereocenters. The van der Waals surface area contributed by atoms with Gasteiger partial charge in [-0.2, -0.15) is 5.10 Å². The van der Waals surface area contributed by atoms with E-state index in [1.165, 1.54) is 17.4 Å². The molecule has 0 aliphatic carbocycles.